The first-order chi connectivity index (χ1) is 10.5. The highest BCUT2D eigenvalue weighted by Gasteiger charge is 2.58. The number of hydrogen-bond acceptors (Lipinski definition) is 3. The monoisotopic (exact) mass is 473 g/mol. The number of nitrogens with one attached hydrogen (secondary N) is 2. The Morgan fingerprint density at radius 2 is 1.92 bits per heavy atom. The van der Waals surface area contributed by atoms with Gasteiger partial charge in [0.1, 0.15) is 0 Å². The van der Waals surface area contributed by atoms with Crippen LogP contribution in [-0.2, 0) is 15.5 Å². The van der Waals surface area contributed by atoms with Gasteiger partial charge in [0.15, 0.2) is 5.96 Å². The molecule has 0 spiro atoms. The molecule has 3 atom stereocenters. The van der Waals surface area contributed by atoms with Crippen LogP contribution in [0.1, 0.15) is 54.9 Å². The van der Waals surface area contributed by atoms with Crippen molar-refractivity contribution >= 4 is 40.7 Å². The number of nitrogens with zero attached hydrogens (tertiary/aromatic N) is 1. The molecule has 144 valence electrons. The molecule has 1 aliphatic carbocycles. The van der Waals surface area contributed by atoms with Crippen molar-refractivity contribution in [1.29, 1.82) is 0 Å². The fourth-order valence-electron chi connectivity index (χ4n) is 2.75. The fraction of sp³-hybridized carbons (Fsp3) is 0.941. The number of aliphatic imine (C=N–C) groups is 1. The van der Waals surface area contributed by atoms with E-state index in [1.54, 1.807) is 7.11 Å². The van der Waals surface area contributed by atoms with Crippen LogP contribution in [0.5, 0.6) is 0 Å². The van der Waals surface area contributed by atoms with Gasteiger partial charge in [-0.1, -0.05) is 13.8 Å². The molecule has 1 fully saturated rings. The minimum atomic E-state index is -0.870. The third-order valence-corrected chi connectivity index (χ3v) is 7.08. The van der Waals surface area contributed by atoms with Crippen LogP contribution in [0, 0.1) is 5.41 Å². The predicted octanol–water partition coefficient (Wildman–Crippen LogP) is 2.91. The summed E-state index contributed by atoms with van der Waals surface area (Å²) in [6.45, 7) is 16.0. The second-order valence-electron chi connectivity index (χ2n) is 7.98. The van der Waals surface area contributed by atoms with E-state index >= 15 is 0 Å². The normalized spacial score (nSPS) is 27.7. The SMILES string of the molecule is CCNC(=NCCS(=O)C(C)(C)C)NC1CC(C)(OC)C1(C)C.I. The maximum atomic E-state index is 12.1. The second-order valence-corrected chi connectivity index (χ2v) is 10.3. The summed E-state index contributed by atoms with van der Waals surface area (Å²) in [5.41, 5.74) is -0.0676. The van der Waals surface area contributed by atoms with Crippen molar-refractivity contribution in [2.75, 3.05) is 26.0 Å². The lowest BCUT2D eigenvalue weighted by Crippen LogP contribution is -2.69. The van der Waals surface area contributed by atoms with Crippen LogP contribution in [-0.4, -0.2) is 52.5 Å². The zero-order valence-corrected chi connectivity index (χ0v) is 19.6. The molecule has 7 heteroatoms. The summed E-state index contributed by atoms with van der Waals surface area (Å²) < 4.78 is 17.6. The third kappa shape index (κ3) is 5.56. The quantitative estimate of drug-likeness (QED) is 0.354. The minimum Gasteiger partial charge on any atom is -0.378 e. The van der Waals surface area contributed by atoms with Crippen LogP contribution in [0.2, 0.25) is 0 Å². The first kappa shape index (κ1) is 24.1. The molecule has 0 aromatic carbocycles. The Balaban J connectivity index is 0.00000529. The molecule has 0 radical (unpaired) electrons. The van der Waals surface area contributed by atoms with Crippen molar-refractivity contribution in [3.8, 4) is 0 Å². The molecule has 3 unspecified atom stereocenters. The number of rotatable bonds is 6. The van der Waals surface area contributed by atoms with Gasteiger partial charge in [-0.2, -0.15) is 0 Å². The Kier molecular flexibility index (Phi) is 9.21. The van der Waals surface area contributed by atoms with Crippen LogP contribution >= 0.6 is 24.0 Å². The molecule has 2 N–H and O–H groups in total. The van der Waals surface area contributed by atoms with Crippen molar-refractivity contribution in [1.82, 2.24) is 10.6 Å². The number of halogens is 1. The van der Waals surface area contributed by atoms with Crippen molar-refractivity contribution in [3.05, 3.63) is 0 Å². The van der Waals surface area contributed by atoms with Gasteiger partial charge in [0, 0.05) is 46.4 Å². The van der Waals surface area contributed by atoms with Crippen LogP contribution < -0.4 is 10.6 Å². The van der Waals surface area contributed by atoms with Crippen LogP contribution in [0.4, 0.5) is 0 Å². The van der Waals surface area contributed by atoms with Gasteiger partial charge in [-0.25, -0.2) is 0 Å². The Morgan fingerprint density at radius 1 is 1.33 bits per heavy atom. The number of guanidine groups is 1. The van der Waals surface area contributed by atoms with Crippen LogP contribution in [0.3, 0.4) is 0 Å². The third-order valence-electron chi connectivity index (χ3n) is 5.16. The molecule has 0 aromatic rings. The first-order valence-electron chi connectivity index (χ1n) is 8.46. The number of hydrogen-bond donors (Lipinski definition) is 2. The van der Waals surface area contributed by atoms with Gasteiger partial charge in [0.05, 0.1) is 12.1 Å². The largest absolute Gasteiger partial charge is 0.378 e. The van der Waals surface area contributed by atoms with E-state index in [9.17, 15) is 4.21 Å². The van der Waals surface area contributed by atoms with Crippen LogP contribution in [0.25, 0.3) is 0 Å². The van der Waals surface area contributed by atoms with Gasteiger partial charge < -0.3 is 15.4 Å². The highest BCUT2D eigenvalue weighted by molar-refractivity contribution is 14.0. The van der Waals surface area contributed by atoms with Crippen molar-refractivity contribution in [2.45, 2.75) is 71.3 Å². The van der Waals surface area contributed by atoms with E-state index < -0.39 is 10.8 Å². The standard InChI is InChI=1S/C17H35N3O2S.HI/c1-9-18-14(19-10-11-23(21)15(2,3)4)20-13-12-17(7,22-8)16(13,5)6;/h13H,9-12H2,1-8H3,(H2,18,19,20);1H. The molecule has 0 aromatic heterocycles. The van der Waals surface area contributed by atoms with E-state index in [1.807, 2.05) is 20.8 Å². The predicted molar refractivity (Wildman–Crippen MR) is 115 cm³/mol. The Labute approximate surface area is 167 Å². The lowest BCUT2D eigenvalue weighted by Gasteiger charge is -2.59. The zero-order valence-electron chi connectivity index (χ0n) is 16.5. The summed E-state index contributed by atoms with van der Waals surface area (Å²) in [6, 6.07) is 0.318. The Bertz CT molecular complexity index is 463. The van der Waals surface area contributed by atoms with E-state index in [0.29, 0.717) is 18.3 Å². The van der Waals surface area contributed by atoms with Gasteiger partial charge in [0.2, 0.25) is 0 Å². The van der Waals surface area contributed by atoms with Gasteiger partial charge >= 0.3 is 0 Å². The Hall–Kier alpha value is 0.110. The highest BCUT2D eigenvalue weighted by Crippen LogP contribution is 2.51. The summed E-state index contributed by atoms with van der Waals surface area (Å²) in [7, 11) is 0.907. The average molecular weight is 473 g/mol. The van der Waals surface area contributed by atoms with E-state index in [4.69, 9.17) is 4.74 Å². The average Bonchev–Trinajstić information content (AvgIpc) is 2.45. The van der Waals surface area contributed by atoms with Gasteiger partial charge in [-0.3, -0.25) is 9.20 Å². The van der Waals surface area contributed by atoms with Crippen molar-refractivity contribution in [3.63, 3.8) is 0 Å². The van der Waals surface area contributed by atoms with Gasteiger partial charge in [-0.15, -0.1) is 24.0 Å². The topological polar surface area (TPSA) is 62.7 Å². The maximum Gasteiger partial charge on any atom is 0.191 e. The second kappa shape index (κ2) is 9.16. The molecule has 24 heavy (non-hydrogen) atoms. The van der Waals surface area contributed by atoms with Crippen molar-refractivity contribution in [2.24, 2.45) is 10.4 Å². The smallest absolute Gasteiger partial charge is 0.191 e. The summed E-state index contributed by atoms with van der Waals surface area (Å²) in [6.07, 6.45) is 0.953. The van der Waals surface area contributed by atoms with E-state index in [2.05, 4.69) is 43.3 Å². The highest BCUT2D eigenvalue weighted by atomic mass is 127. The number of ether oxygens (including phenoxy) is 1. The summed E-state index contributed by atoms with van der Waals surface area (Å²) in [5, 5.41) is 6.78. The van der Waals surface area contributed by atoms with E-state index in [-0.39, 0.29) is 39.7 Å². The van der Waals surface area contributed by atoms with Gasteiger partial charge in [0.25, 0.3) is 0 Å². The molecule has 0 aliphatic heterocycles. The molecular formula is C17H36IN3O2S. The molecule has 1 aliphatic rings. The molecule has 0 amide bonds. The summed E-state index contributed by atoms with van der Waals surface area (Å²) in [4.78, 5) is 4.59. The molecule has 1 rings (SSSR count). The summed E-state index contributed by atoms with van der Waals surface area (Å²) >= 11 is 0. The fourth-order valence-corrected chi connectivity index (χ4v) is 3.62. The van der Waals surface area contributed by atoms with Crippen LogP contribution in [0.15, 0.2) is 4.99 Å². The lowest BCUT2D eigenvalue weighted by molar-refractivity contribution is -0.176. The first-order valence-corrected chi connectivity index (χ1v) is 9.78. The van der Waals surface area contributed by atoms with Crippen molar-refractivity contribution < 1.29 is 8.95 Å². The van der Waals surface area contributed by atoms with Gasteiger partial charge in [-0.05, 0) is 41.0 Å². The minimum absolute atomic E-state index is 0. The Morgan fingerprint density at radius 3 is 2.33 bits per heavy atom. The molecular weight excluding hydrogens is 437 g/mol. The maximum absolute atomic E-state index is 12.1. The lowest BCUT2D eigenvalue weighted by atomic mass is 9.56. The zero-order chi connectivity index (χ0) is 17.9. The number of methoxy groups -OCH3 is 1. The van der Waals surface area contributed by atoms with E-state index in [1.165, 1.54) is 0 Å². The molecule has 5 nitrogen and oxygen atoms in total. The molecule has 0 heterocycles. The molecule has 0 bridgehead atoms. The molecule has 0 saturated heterocycles. The molecule has 1 saturated carbocycles. The van der Waals surface area contributed by atoms with E-state index in [0.717, 1.165) is 18.9 Å². The summed E-state index contributed by atoms with van der Waals surface area (Å²) in [5.74, 6) is 1.39.